The van der Waals surface area contributed by atoms with E-state index in [1.165, 1.54) is 4.70 Å². The van der Waals surface area contributed by atoms with Crippen molar-refractivity contribution in [1.82, 2.24) is 15.2 Å². The molecule has 1 aliphatic heterocycles. The summed E-state index contributed by atoms with van der Waals surface area (Å²) in [4.78, 5) is 31.1. The Balaban J connectivity index is 1.41. The molecule has 28 heavy (non-hydrogen) atoms. The predicted molar refractivity (Wildman–Crippen MR) is 112 cm³/mol. The van der Waals surface area contributed by atoms with E-state index < -0.39 is 0 Å². The average molecular weight is 394 g/mol. The summed E-state index contributed by atoms with van der Waals surface area (Å²) in [7, 11) is 1.59. The molecule has 1 unspecified atom stereocenters. The van der Waals surface area contributed by atoms with Crippen LogP contribution in [0.1, 0.15) is 34.2 Å². The van der Waals surface area contributed by atoms with Crippen molar-refractivity contribution in [2.24, 2.45) is 0 Å². The molecule has 0 bridgehead atoms. The zero-order chi connectivity index (χ0) is 19.5. The molecule has 1 atom stereocenters. The Labute approximate surface area is 167 Å². The van der Waals surface area contributed by atoms with E-state index in [9.17, 15) is 9.59 Å². The monoisotopic (exact) mass is 394 g/mol. The number of hydrogen-bond donors (Lipinski definition) is 2. The molecule has 6 nitrogen and oxygen atoms in total. The number of nitrogens with one attached hydrogen (secondary N) is 2. The van der Waals surface area contributed by atoms with Crippen LogP contribution < -0.4 is 10.6 Å². The largest absolute Gasteiger partial charge is 0.355 e. The van der Waals surface area contributed by atoms with E-state index in [1.54, 1.807) is 42.6 Å². The van der Waals surface area contributed by atoms with E-state index in [4.69, 9.17) is 4.98 Å². The molecule has 0 aliphatic carbocycles. The summed E-state index contributed by atoms with van der Waals surface area (Å²) >= 11 is 1.71. The van der Waals surface area contributed by atoms with Gasteiger partial charge in [-0.3, -0.25) is 14.5 Å². The number of anilines is 1. The molecular formula is C21H22N4O2S. The minimum absolute atomic E-state index is 0.0549. The summed E-state index contributed by atoms with van der Waals surface area (Å²) in [5.74, 6) is -0.200. The van der Waals surface area contributed by atoms with E-state index in [-0.39, 0.29) is 17.9 Å². The van der Waals surface area contributed by atoms with Gasteiger partial charge in [-0.05, 0) is 55.8 Å². The number of aromatic nitrogens is 1. The third kappa shape index (κ3) is 3.90. The third-order valence-corrected chi connectivity index (χ3v) is 6.10. The van der Waals surface area contributed by atoms with Crippen LogP contribution in [0, 0.1) is 0 Å². The van der Waals surface area contributed by atoms with Gasteiger partial charge < -0.3 is 10.6 Å². The number of carbonyl (C=O) groups is 2. The number of amides is 2. The highest BCUT2D eigenvalue weighted by atomic mass is 32.1. The van der Waals surface area contributed by atoms with Gasteiger partial charge in [0.25, 0.3) is 5.91 Å². The first kappa shape index (κ1) is 18.6. The second-order valence-corrected chi connectivity index (χ2v) is 7.92. The lowest BCUT2D eigenvalue weighted by Gasteiger charge is -2.22. The van der Waals surface area contributed by atoms with Gasteiger partial charge in [0.2, 0.25) is 5.91 Å². The number of thiazole rings is 1. The van der Waals surface area contributed by atoms with Crippen molar-refractivity contribution in [2.45, 2.75) is 18.9 Å². The number of carbonyl (C=O) groups excluding carboxylic acids is 2. The second kappa shape index (κ2) is 8.08. The maximum atomic E-state index is 12.5. The lowest BCUT2D eigenvalue weighted by molar-refractivity contribution is -0.117. The molecule has 3 aromatic rings. The Morgan fingerprint density at radius 2 is 1.96 bits per heavy atom. The van der Waals surface area contributed by atoms with Crippen LogP contribution in [0.5, 0.6) is 0 Å². The molecule has 7 heteroatoms. The highest BCUT2D eigenvalue weighted by Gasteiger charge is 2.30. The molecule has 1 saturated heterocycles. The van der Waals surface area contributed by atoms with Gasteiger partial charge in [0.1, 0.15) is 5.01 Å². The van der Waals surface area contributed by atoms with Gasteiger partial charge >= 0.3 is 0 Å². The molecule has 1 aliphatic rings. The normalized spacial score (nSPS) is 17.0. The summed E-state index contributed by atoms with van der Waals surface area (Å²) in [6, 6.07) is 15.2. The number of likely N-dealkylation sites (tertiary alicyclic amines) is 1. The highest BCUT2D eigenvalue weighted by Crippen LogP contribution is 2.36. The fourth-order valence-electron chi connectivity index (χ4n) is 3.56. The van der Waals surface area contributed by atoms with Gasteiger partial charge in [-0.2, -0.15) is 0 Å². The number of benzene rings is 2. The molecule has 2 amide bonds. The maximum Gasteiger partial charge on any atom is 0.251 e. The fourth-order valence-corrected chi connectivity index (χ4v) is 4.70. The van der Waals surface area contributed by atoms with Crippen molar-refractivity contribution >= 4 is 39.1 Å². The summed E-state index contributed by atoms with van der Waals surface area (Å²) in [5.41, 5.74) is 2.28. The summed E-state index contributed by atoms with van der Waals surface area (Å²) < 4.78 is 1.19. The Hall–Kier alpha value is -2.77. The number of para-hydroxylation sites is 1. The highest BCUT2D eigenvalue weighted by molar-refractivity contribution is 7.18. The summed E-state index contributed by atoms with van der Waals surface area (Å²) in [5, 5.41) is 6.59. The van der Waals surface area contributed by atoms with Crippen molar-refractivity contribution in [2.75, 3.05) is 25.5 Å². The summed E-state index contributed by atoms with van der Waals surface area (Å²) in [6.45, 7) is 1.22. The standard InChI is InChI=1S/C21H22N4O2S/c1-22-20(27)14-8-10-15(11-9-14)23-19(26)13-25-12-4-6-17(25)21-24-16-5-2-3-7-18(16)28-21/h2-3,5,7-11,17H,4,6,12-13H2,1H3,(H,22,27)(H,23,26). The number of nitrogens with zero attached hydrogens (tertiary/aromatic N) is 2. The van der Waals surface area contributed by atoms with Crippen LogP contribution in [0.4, 0.5) is 5.69 Å². The van der Waals surface area contributed by atoms with E-state index >= 15 is 0 Å². The van der Waals surface area contributed by atoms with Crippen molar-refractivity contribution < 1.29 is 9.59 Å². The van der Waals surface area contributed by atoms with Crippen LogP contribution in [-0.4, -0.2) is 41.8 Å². The van der Waals surface area contributed by atoms with Crippen LogP contribution >= 0.6 is 11.3 Å². The summed E-state index contributed by atoms with van der Waals surface area (Å²) in [6.07, 6.45) is 2.09. The van der Waals surface area contributed by atoms with Crippen molar-refractivity contribution in [3.8, 4) is 0 Å². The Morgan fingerprint density at radius 3 is 2.71 bits per heavy atom. The van der Waals surface area contributed by atoms with E-state index in [0.717, 1.165) is 29.9 Å². The van der Waals surface area contributed by atoms with E-state index in [2.05, 4.69) is 21.6 Å². The fraction of sp³-hybridized carbons (Fsp3) is 0.286. The van der Waals surface area contributed by atoms with Crippen LogP contribution in [0.15, 0.2) is 48.5 Å². The van der Waals surface area contributed by atoms with Gasteiger partial charge in [-0.25, -0.2) is 4.98 Å². The Bertz CT molecular complexity index is 966. The molecule has 144 valence electrons. The smallest absolute Gasteiger partial charge is 0.251 e. The molecule has 1 fully saturated rings. The maximum absolute atomic E-state index is 12.5. The van der Waals surface area contributed by atoms with Gasteiger partial charge in [0, 0.05) is 18.3 Å². The van der Waals surface area contributed by atoms with Crippen LogP contribution in [0.2, 0.25) is 0 Å². The van der Waals surface area contributed by atoms with Crippen molar-refractivity contribution in [3.63, 3.8) is 0 Å². The predicted octanol–water partition coefficient (Wildman–Crippen LogP) is 3.43. The van der Waals surface area contributed by atoms with Gasteiger partial charge in [-0.15, -0.1) is 11.3 Å². The molecule has 0 saturated carbocycles. The SMILES string of the molecule is CNC(=O)c1ccc(NC(=O)CN2CCCC2c2nc3ccccc3s2)cc1. The first-order valence-electron chi connectivity index (χ1n) is 9.35. The third-order valence-electron chi connectivity index (χ3n) is 4.96. The molecule has 2 N–H and O–H groups in total. The van der Waals surface area contributed by atoms with Crippen molar-refractivity contribution in [1.29, 1.82) is 0 Å². The zero-order valence-electron chi connectivity index (χ0n) is 15.6. The van der Waals surface area contributed by atoms with E-state index in [1.807, 2.05) is 18.2 Å². The topological polar surface area (TPSA) is 74.3 Å². The van der Waals surface area contributed by atoms with Gasteiger partial charge in [0.05, 0.1) is 22.8 Å². The van der Waals surface area contributed by atoms with Gasteiger partial charge in [-0.1, -0.05) is 12.1 Å². The number of hydrogen-bond acceptors (Lipinski definition) is 5. The first-order chi connectivity index (χ1) is 13.6. The number of fused-ring (bicyclic) bond motifs is 1. The van der Waals surface area contributed by atoms with Crippen LogP contribution in [0.25, 0.3) is 10.2 Å². The lowest BCUT2D eigenvalue weighted by atomic mass is 10.2. The molecule has 0 radical (unpaired) electrons. The lowest BCUT2D eigenvalue weighted by Crippen LogP contribution is -2.32. The molecule has 4 rings (SSSR count). The molecule has 1 aromatic heterocycles. The molecule has 0 spiro atoms. The minimum atomic E-state index is -0.145. The Kier molecular flexibility index (Phi) is 5.36. The quantitative estimate of drug-likeness (QED) is 0.695. The van der Waals surface area contributed by atoms with Crippen LogP contribution in [0.3, 0.4) is 0 Å². The average Bonchev–Trinajstić information content (AvgIpc) is 3.34. The molecular weight excluding hydrogens is 372 g/mol. The first-order valence-corrected chi connectivity index (χ1v) is 10.2. The van der Waals surface area contributed by atoms with Crippen molar-refractivity contribution in [3.05, 3.63) is 59.1 Å². The molecule has 2 aromatic carbocycles. The van der Waals surface area contributed by atoms with E-state index in [0.29, 0.717) is 17.8 Å². The Morgan fingerprint density at radius 1 is 1.18 bits per heavy atom. The second-order valence-electron chi connectivity index (χ2n) is 6.85. The number of rotatable bonds is 5. The molecule has 2 heterocycles. The van der Waals surface area contributed by atoms with Crippen LogP contribution in [-0.2, 0) is 4.79 Å². The zero-order valence-corrected chi connectivity index (χ0v) is 16.5. The minimum Gasteiger partial charge on any atom is -0.355 e. The van der Waals surface area contributed by atoms with Gasteiger partial charge in [0.15, 0.2) is 0 Å².